The minimum atomic E-state index is -1.78. The number of carbonyl (C=O) groups is 3. The first-order valence-electron chi connectivity index (χ1n) is 9.66. The van der Waals surface area contributed by atoms with Crippen LogP contribution in [0.25, 0.3) is 0 Å². The van der Waals surface area contributed by atoms with Gasteiger partial charge in [-0.25, -0.2) is 0 Å². The maximum absolute atomic E-state index is 13.2. The molecule has 154 valence electrons. The SMILES string of the molecule is CCCC(S)C(=O)NC(CC)(C(=O)Nc1ccccc1)C(=O)Nc1ccccc1. The molecule has 0 aliphatic heterocycles. The first-order valence-corrected chi connectivity index (χ1v) is 10.2. The van der Waals surface area contributed by atoms with Crippen molar-refractivity contribution in [1.29, 1.82) is 0 Å². The lowest BCUT2D eigenvalue weighted by Gasteiger charge is -2.32. The third kappa shape index (κ3) is 5.84. The molecule has 3 amide bonds. The highest BCUT2D eigenvalue weighted by atomic mass is 32.1. The van der Waals surface area contributed by atoms with Crippen molar-refractivity contribution in [2.24, 2.45) is 0 Å². The van der Waals surface area contributed by atoms with Crippen LogP contribution < -0.4 is 16.0 Å². The molecule has 3 N–H and O–H groups in total. The highest BCUT2D eigenvalue weighted by molar-refractivity contribution is 7.81. The molecule has 2 aromatic rings. The molecule has 29 heavy (non-hydrogen) atoms. The van der Waals surface area contributed by atoms with Crippen LogP contribution in [-0.4, -0.2) is 28.5 Å². The van der Waals surface area contributed by atoms with Gasteiger partial charge in [0.05, 0.1) is 5.25 Å². The fraction of sp³-hybridized carbons (Fsp3) is 0.318. The summed E-state index contributed by atoms with van der Waals surface area (Å²) in [5.41, 5.74) is -0.710. The number of carbonyl (C=O) groups excluding carboxylic acids is 3. The first kappa shape index (κ1) is 22.5. The first-order chi connectivity index (χ1) is 13.9. The molecule has 0 aliphatic carbocycles. The van der Waals surface area contributed by atoms with E-state index < -0.39 is 28.5 Å². The van der Waals surface area contributed by atoms with Gasteiger partial charge < -0.3 is 16.0 Å². The number of amides is 3. The summed E-state index contributed by atoms with van der Waals surface area (Å²) in [6.07, 6.45) is 1.37. The number of rotatable bonds is 9. The molecule has 0 fully saturated rings. The van der Waals surface area contributed by atoms with Crippen LogP contribution in [-0.2, 0) is 14.4 Å². The number of anilines is 2. The van der Waals surface area contributed by atoms with Crippen LogP contribution in [0.1, 0.15) is 33.1 Å². The van der Waals surface area contributed by atoms with Crippen LogP contribution in [0.2, 0.25) is 0 Å². The molecular weight excluding hydrogens is 386 g/mol. The minimum absolute atomic E-state index is 0.0721. The van der Waals surface area contributed by atoms with Gasteiger partial charge >= 0.3 is 0 Å². The maximum atomic E-state index is 13.2. The Kier molecular flexibility index (Phi) is 8.27. The third-order valence-electron chi connectivity index (χ3n) is 4.57. The summed E-state index contributed by atoms with van der Waals surface area (Å²) in [5, 5.41) is 7.53. The van der Waals surface area contributed by atoms with Crippen LogP contribution in [0, 0.1) is 0 Å². The van der Waals surface area contributed by atoms with E-state index in [-0.39, 0.29) is 6.42 Å². The van der Waals surface area contributed by atoms with Crippen LogP contribution in [0.5, 0.6) is 0 Å². The molecule has 0 aliphatic rings. The quantitative estimate of drug-likeness (QED) is 0.374. The second kappa shape index (κ2) is 10.7. The molecule has 0 bridgehead atoms. The second-order valence-corrected chi connectivity index (χ2v) is 7.32. The highest BCUT2D eigenvalue weighted by Gasteiger charge is 2.46. The largest absolute Gasteiger partial charge is 0.333 e. The van der Waals surface area contributed by atoms with Crippen molar-refractivity contribution in [3.63, 3.8) is 0 Å². The Morgan fingerprint density at radius 1 is 0.862 bits per heavy atom. The minimum Gasteiger partial charge on any atom is -0.333 e. The van der Waals surface area contributed by atoms with Crippen molar-refractivity contribution in [3.8, 4) is 0 Å². The predicted octanol–water partition coefficient (Wildman–Crippen LogP) is 3.63. The normalized spacial score (nSPS) is 12.0. The molecule has 2 rings (SSSR count). The van der Waals surface area contributed by atoms with E-state index in [2.05, 4.69) is 28.6 Å². The Balaban J connectivity index is 2.34. The molecule has 0 heterocycles. The molecule has 1 unspecified atom stereocenters. The van der Waals surface area contributed by atoms with Gasteiger partial charge in [-0.2, -0.15) is 12.6 Å². The molecule has 2 aromatic carbocycles. The van der Waals surface area contributed by atoms with E-state index >= 15 is 0 Å². The summed E-state index contributed by atoms with van der Waals surface area (Å²) >= 11 is 4.32. The molecular formula is C22H27N3O3S. The van der Waals surface area contributed by atoms with E-state index in [0.717, 1.165) is 6.42 Å². The summed E-state index contributed by atoms with van der Waals surface area (Å²) in [6.45, 7) is 3.62. The number of para-hydroxylation sites is 2. The zero-order valence-electron chi connectivity index (χ0n) is 16.6. The number of hydrogen-bond acceptors (Lipinski definition) is 4. The average molecular weight is 414 g/mol. The molecule has 0 saturated heterocycles. The lowest BCUT2D eigenvalue weighted by atomic mass is 9.92. The maximum Gasteiger partial charge on any atom is 0.259 e. The van der Waals surface area contributed by atoms with Crippen molar-refractivity contribution in [2.45, 2.75) is 43.9 Å². The molecule has 0 radical (unpaired) electrons. The second-order valence-electron chi connectivity index (χ2n) is 6.69. The van der Waals surface area contributed by atoms with Crippen LogP contribution in [0.3, 0.4) is 0 Å². The molecule has 1 atom stereocenters. The van der Waals surface area contributed by atoms with Gasteiger partial charge in [-0.05, 0) is 37.1 Å². The van der Waals surface area contributed by atoms with Gasteiger partial charge in [0.1, 0.15) is 0 Å². The van der Waals surface area contributed by atoms with Gasteiger partial charge in [0.15, 0.2) is 5.54 Å². The number of hydrogen-bond donors (Lipinski definition) is 4. The van der Waals surface area contributed by atoms with Crippen molar-refractivity contribution in [3.05, 3.63) is 60.7 Å². The zero-order valence-corrected chi connectivity index (χ0v) is 17.5. The molecule has 0 spiro atoms. The van der Waals surface area contributed by atoms with Crippen LogP contribution >= 0.6 is 12.6 Å². The van der Waals surface area contributed by atoms with E-state index in [1.165, 1.54) is 0 Å². The summed E-state index contributed by atoms with van der Waals surface area (Å²) in [5.74, 6) is -1.67. The Morgan fingerprint density at radius 2 is 1.31 bits per heavy atom. The van der Waals surface area contributed by atoms with Gasteiger partial charge in [0.2, 0.25) is 5.91 Å². The topological polar surface area (TPSA) is 87.3 Å². The van der Waals surface area contributed by atoms with E-state index in [1.807, 2.05) is 19.1 Å². The monoisotopic (exact) mass is 413 g/mol. The van der Waals surface area contributed by atoms with Gasteiger partial charge in [-0.3, -0.25) is 14.4 Å². The van der Waals surface area contributed by atoms with Crippen molar-refractivity contribution >= 4 is 41.7 Å². The molecule has 6 nitrogen and oxygen atoms in total. The van der Waals surface area contributed by atoms with E-state index in [4.69, 9.17) is 0 Å². The lowest BCUT2D eigenvalue weighted by Crippen LogP contribution is -2.64. The predicted molar refractivity (Wildman–Crippen MR) is 119 cm³/mol. The molecule has 0 aromatic heterocycles. The van der Waals surface area contributed by atoms with Gasteiger partial charge in [0.25, 0.3) is 11.8 Å². The Labute approximate surface area is 176 Å². The fourth-order valence-corrected chi connectivity index (χ4v) is 3.17. The summed E-state index contributed by atoms with van der Waals surface area (Å²) in [6, 6.07) is 17.6. The van der Waals surface area contributed by atoms with Crippen LogP contribution in [0.15, 0.2) is 60.7 Å². The third-order valence-corrected chi connectivity index (χ3v) is 5.06. The van der Waals surface area contributed by atoms with E-state index in [1.54, 1.807) is 55.5 Å². The van der Waals surface area contributed by atoms with Crippen molar-refractivity contribution in [1.82, 2.24) is 5.32 Å². The Hall–Kier alpha value is -2.80. The highest BCUT2D eigenvalue weighted by Crippen LogP contribution is 2.20. The summed E-state index contributed by atoms with van der Waals surface area (Å²) in [4.78, 5) is 39.1. The summed E-state index contributed by atoms with van der Waals surface area (Å²) < 4.78 is 0. The zero-order chi connectivity index (χ0) is 21.3. The van der Waals surface area contributed by atoms with E-state index in [0.29, 0.717) is 17.8 Å². The lowest BCUT2D eigenvalue weighted by molar-refractivity contribution is -0.138. The summed E-state index contributed by atoms with van der Waals surface area (Å²) in [7, 11) is 0. The number of thiol groups is 1. The number of benzene rings is 2. The van der Waals surface area contributed by atoms with Gasteiger partial charge in [0, 0.05) is 11.4 Å². The average Bonchev–Trinajstić information content (AvgIpc) is 2.73. The molecule has 7 heteroatoms. The van der Waals surface area contributed by atoms with E-state index in [9.17, 15) is 14.4 Å². The Morgan fingerprint density at radius 3 is 1.69 bits per heavy atom. The smallest absolute Gasteiger partial charge is 0.259 e. The molecule has 0 saturated carbocycles. The fourth-order valence-electron chi connectivity index (χ4n) is 2.84. The van der Waals surface area contributed by atoms with Gasteiger partial charge in [-0.1, -0.05) is 56.7 Å². The van der Waals surface area contributed by atoms with Crippen molar-refractivity contribution in [2.75, 3.05) is 10.6 Å². The number of nitrogens with one attached hydrogen (secondary N) is 3. The standard InChI is InChI=1S/C22H27N3O3S/c1-3-11-18(29)19(26)25-22(4-2,20(27)23-16-12-7-5-8-13-16)21(28)24-17-14-9-6-10-15-17/h5-10,12-15,18,29H,3-4,11H2,1-2H3,(H,23,27)(H,24,28)(H,25,26). The van der Waals surface area contributed by atoms with Crippen LogP contribution in [0.4, 0.5) is 11.4 Å². The Bertz CT molecular complexity index is 774. The van der Waals surface area contributed by atoms with Gasteiger partial charge in [-0.15, -0.1) is 0 Å². The van der Waals surface area contributed by atoms with Crippen molar-refractivity contribution < 1.29 is 14.4 Å².